The van der Waals surface area contributed by atoms with Gasteiger partial charge in [0.05, 0.1) is 25.4 Å². The smallest absolute Gasteiger partial charge is 0.331 e. The molecule has 0 aliphatic carbocycles. The molecule has 2 saturated heterocycles. The van der Waals surface area contributed by atoms with Gasteiger partial charge in [0.2, 0.25) is 0 Å². The van der Waals surface area contributed by atoms with Crippen LogP contribution in [0.4, 0.5) is 0 Å². The fourth-order valence-corrected chi connectivity index (χ4v) is 2.30. The summed E-state index contributed by atoms with van der Waals surface area (Å²) in [6.45, 7) is 7.26. The van der Waals surface area contributed by atoms with E-state index in [2.05, 4.69) is 6.58 Å². The highest BCUT2D eigenvalue weighted by atomic mass is 16.6. The van der Waals surface area contributed by atoms with Crippen LogP contribution in [0, 0.1) is 5.41 Å². The standard InChI is InChI=1S/C12H18O4/c1-3-12(4-9-6-15-9,5-10-7-16-10)8(2)11(13)14/h9-10H,2-7H2,1H3,(H,13,14). The van der Waals surface area contributed by atoms with Gasteiger partial charge in [0.15, 0.2) is 0 Å². The topological polar surface area (TPSA) is 62.4 Å². The van der Waals surface area contributed by atoms with Crippen molar-refractivity contribution >= 4 is 5.97 Å². The molecule has 2 rings (SSSR count). The van der Waals surface area contributed by atoms with Crippen molar-refractivity contribution in [2.75, 3.05) is 13.2 Å². The molecule has 4 heteroatoms. The minimum Gasteiger partial charge on any atom is -0.478 e. The number of aliphatic carboxylic acids is 1. The first kappa shape index (κ1) is 11.6. The van der Waals surface area contributed by atoms with Gasteiger partial charge < -0.3 is 14.6 Å². The van der Waals surface area contributed by atoms with Gasteiger partial charge in [0.1, 0.15) is 0 Å². The first-order valence-corrected chi connectivity index (χ1v) is 5.73. The van der Waals surface area contributed by atoms with Gasteiger partial charge in [-0.25, -0.2) is 4.79 Å². The summed E-state index contributed by atoms with van der Waals surface area (Å²) in [6.07, 6.45) is 2.73. The fraction of sp³-hybridized carbons (Fsp3) is 0.750. The van der Waals surface area contributed by atoms with Crippen LogP contribution >= 0.6 is 0 Å². The Bertz CT molecular complexity index is 288. The molecule has 0 aromatic heterocycles. The molecule has 2 atom stereocenters. The first-order valence-electron chi connectivity index (χ1n) is 5.73. The number of carboxylic acid groups (broad SMARTS) is 1. The molecular weight excluding hydrogens is 208 g/mol. The first-order chi connectivity index (χ1) is 7.57. The quantitative estimate of drug-likeness (QED) is 0.529. The van der Waals surface area contributed by atoms with E-state index in [1.807, 2.05) is 6.92 Å². The van der Waals surface area contributed by atoms with Crippen LogP contribution < -0.4 is 0 Å². The van der Waals surface area contributed by atoms with Gasteiger partial charge >= 0.3 is 5.97 Å². The van der Waals surface area contributed by atoms with Crippen molar-refractivity contribution < 1.29 is 19.4 Å². The van der Waals surface area contributed by atoms with Gasteiger partial charge in [-0.2, -0.15) is 0 Å². The number of hydrogen-bond acceptors (Lipinski definition) is 3. The summed E-state index contributed by atoms with van der Waals surface area (Å²) in [7, 11) is 0. The van der Waals surface area contributed by atoms with Crippen LogP contribution in [0.1, 0.15) is 26.2 Å². The Hall–Kier alpha value is -0.870. The fourth-order valence-electron chi connectivity index (χ4n) is 2.30. The van der Waals surface area contributed by atoms with Crippen LogP contribution in [0.15, 0.2) is 12.2 Å². The van der Waals surface area contributed by atoms with Gasteiger partial charge in [0, 0.05) is 11.0 Å². The lowest BCUT2D eigenvalue weighted by Gasteiger charge is -2.32. The molecule has 16 heavy (non-hydrogen) atoms. The zero-order valence-electron chi connectivity index (χ0n) is 9.57. The summed E-state index contributed by atoms with van der Waals surface area (Å²) in [4.78, 5) is 11.1. The van der Waals surface area contributed by atoms with Crippen molar-refractivity contribution in [2.24, 2.45) is 5.41 Å². The molecule has 2 fully saturated rings. The van der Waals surface area contributed by atoms with Gasteiger partial charge in [-0.3, -0.25) is 0 Å². The van der Waals surface area contributed by atoms with Crippen molar-refractivity contribution in [2.45, 2.75) is 38.4 Å². The molecule has 0 bridgehead atoms. The second-order valence-electron chi connectivity index (χ2n) is 4.74. The van der Waals surface area contributed by atoms with E-state index in [-0.39, 0.29) is 17.6 Å². The van der Waals surface area contributed by atoms with Crippen molar-refractivity contribution in [3.63, 3.8) is 0 Å². The molecule has 0 aromatic rings. The Kier molecular flexibility index (Phi) is 3.04. The van der Waals surface area contributed by atoms with Crippen LogP contribution in [0.25, 0.3) is 0 Å². The van der Waals surface area contributed by atoms with E-state index >= 15 is 0 Å². The molecule has 0 spiro atoms. The molecule has 2 unspecified atom stereocenters. The Morgan fingerprint density at radius 1 is 1.38 bits per heavy atom. The van der Waals surface area contributed by atoms with Crippen LogP contribution in [0.5, 0.6) is 0 Å². The minimum atomic E-state index is -0.900. The molecule has 2 aliphatic rings. The lowest BCUT2D eigenvalue weighted by Crippen LogP contribution is -2.30. The van der Waals surface area contributed by atoms with Crippen molar-refractivity contribution in [1.29, 1.82) is 0 Å². The Morgan fingerprint density at radius 3 is 2.06 bits per heavy atom. The second kappa shape index (κ2) is 4.18. The third-order valence-electron chi connectivity index (χ3n) is 3.62. The highest BCUT2D eigenvalue weighted by molar-refractivity contribution is 5.87. The van der Waals surface area contributed by atoms with Crippen LogP contribution in [-0.4, -0.2) is 36.5 Å². The van der Waals surface area contributed by atoms with Gasteiger partial charge in [-0.15, -0.1) is 0 Å². The number of hydrogen-bond donors (Lipinski definition) is 1. The maximum absolute atomic E-state index is 11.1. The van der Waals surface area contributed by atoms with Gasteiger partial charge in [-0.05, 0) is 19.3 Å². The van der Waals surface area contributed by atoms with E-state index < -0.39 is 5.97 Å². The largest absolute Gasteiger partial charge is 0.478 e. The zero-order valence-corrected chi connectivity index (χ0v) is 9.57. The van der Waals surface area contributed by atoms with Gasteiger partial charge in [0.25, 0.3) is 0 Å². The summed E-state index contributed by atoms with van der Waals surface area (Å²) in [5.74, 6) is -0.900. The van der Waals surface area contributed by atoms with E-state index in [9.17, 15) is 4.79 Å². The van der Waals surface area contributed by atoms with E-state index in [0.717, 1.165) is 32.5 Å². The number of rotatable bonds is 7. The Morgan fingerprint density at radius 2 is 1.81 bits per heavy atom. The molecule has 4 nitrogen and oxygen atoms in total. The molecule has 0 saturated carbocycles. The van der Waals surface area contributed by atoms with E-state index in [1.165, 1.54) is 0 Å². The molecule has 0 aromatic carbocycles. The molecular formula is C12H18O4. The normalized spacial score (nSPS) is 30.6. The third kappa shape index (κ3) is 2.44. The number of ether oxygens (including phenoxy) is 2. The predicted octanol–water partition coefficient (Wildman–Crippen LogP) is 1.60. The molecule has 1 N–H and O–H groups in total. The van der Waals surface area contributed by atoms with E-state index in [0.29, 0.717) is 5.57 Å². The highest BCUT2D eigenvalue weighted by Gasteiger charge is 2.45. The summed E-state index contributed by atoms with van der Waals surface area (Å²) >= 11 is 0. The summed E-state index contributed by atoms with van der Waals surface area (Å²) in [6, 6.07) is 0. The van der Waals surface area contributed by atoms with Gasteiger partial charge in [-0.1, -0.05) is 13.5 Å². The van der Waals surface area contributed by atoms with Crippen LogP contribution in [0.2, 0.25) is 0 Å². The molecule has 0 amide bonds. The van der Waals surface area contributed by atoms with Crippen molar-refractivity contribution in [1.82, 2.24) is 0 Å². The summed E-state index contributed by atoms with van der Waals surface area (Å²) in [5, 5.41) is 9.13. The lowest BCUT2D eigenvalue weighted by molar-refractivity contribution is -0.134. The SMILES string of the molecule is C=C(C(=O)O)C(CC)(CC1CO1)CC1CO1. The third-order valence-corrected chi connectivity index (χ3v) is 3.62. The molecule has 2 aliphatic heterocycles. The average molecular weight is 226 g/mol. The number of carboxylic acids is 1. The monoisotopic (exact) mass is 226 g/mol. The van der Waals surface area contributed by atoms with Crippen molar-refractivity contribution in [3.05, 3.63) is 12.2 Å². The number of epoxide rings is 2. The predicted molar refractivity (Wildman–Crippen MR) is 58.2 cm³/mol. The van der Waals surface area contributed by atoms with Crippen molar-refractivity contribution in [3.8, 4) is 0 Å². The van der Waals surface area contributed by atoms with Crippen LogP contribution in [-0.2, 0) is 14.3 Å². The molecule has 0 radical (unpaired) electrons. The Balaban J connectivity index is 2.11. The Labute approximate surface area is 95.2 Å². The average Bonchev–Trinajstić information content (AvgIpc) is 3.11. The lowest BCUT2D eigenvalue weighted by atomic mass is 9.71. The van der Waals surface area contributed by atoms with E-state index in [4.69, 9.17) is 14.6 Å². The minimum absolute atomic E-state index is 0.217. The van der Waals surface area contributed by atoms with E-state index in [1.54, 1.807) is 0 Å². The maximum Gasteiger partial charge on any atom is 0.331 e. The van der Waals surface area contributed by atoms with Crippen LogP contribution in [0.3, 0.4) is 0 Å². The summed E-state index contributed by atoms with van der Waals surface area (Å²) in [5.41, 5.74) is -0.0465. The molecule has 90 valence electrons. The highest BCUT2D eigenvalue weighted by Crippen LogP contribution is 2.45. The summed E-state index contributed by atoms with van der Waals surface area (Å²) < 4.78 is 10.4. The number of carbonyl (C=O) groups is 1. The zero-order chi connectivity index (χ0) is 11.8. The second-order valence-corrected chi connectivity index (χ2v) is 4.74. The maximum atomic E-state index is 11.1. The molecule has 2 heterocycles.